The Hall–Kier alpha value is -1.20. The number of benzene rings is 1. The predicted molar refractivity (Wildman–Crippen MR) is 76.1 cm³/mol. The van der Waals surface area contributed by atoms with Gasteiger partial charge in [-0.05, 0) is 19.4 Å². The molecule has 1 aliphatic rings. The fourth-order valence-electron chi connectivity index (χ4n) is 2.26. The minimum absolute atomic E-state index is 0.198. The second-order valence-electron chi connectivity index (χ2n) is 5.37. The number of hydrogen-bond acceptors (Lipinski definition) is 4. The van der Waals surface area contributed by atoms with Crippen LogP contribution in [0.1, 0.15) is 19.4 Å². The molecular formula is C16H22O4. The Balaban J connectivity index is 1.82. The minimum atomic E-state index is -0.747. The third-order valence-electron chi connectivity index (χ3n) is 3.18. The highest BCUT2D eigenvalue weighted by Gasteiger charge is 2.43. The summed E-state index contributed by atoms with van der Waals surface area (Å²) in [6, 6.07) is 9.84. The first kappa shape index (κ1) is 15.2. The fourth-order valence-corrected chi connectivity index (χ4v) is 2.26. The van der Waals surface area contributed by atoms with E-state index < -0.39 is 18.0 Å². The molecular weight excluding hydrogens is 256 g/mol. The average Bonchev–Trinajstić information content (AvgIpc) is 2.75. The molecule has 4 heteroatoms. The van der Waals surface area contributed by atoms with E-state index in [-0.39, 0.29) is 12.7 Å². The molecule has 1 aromatic rings. The van der Waals surface area contributed by atoms with Crippen LogP contribution in [0.15, 0.2) is 43.0 Å². The first-order chi connectivity index (χ1) is 9.52. The molecule has 0 bridgehead atoms. The molecule has 1 heterocycles. The van der Waals surface area contributed by atoms with Gasteiger partial charge in [-0.15, -0.1) is 6.58 Å². The summed E-state index contributed by atoms with van der Waals surface area (Å²) in [5.41, 5.74) is 1.07. The van der Waals surface area contributed by atoms with E-state index in [2.05, 4.69) is 6.58 Å². The van der Waals surface area contributed by atoms with Crippen molar-refractivity contribution >= 4 is 0 Å². The van der Waals surface area contributed by atoms with Gasteiger partial charge in [0.05, 0.1) is 13.2 Å². The molecule has 1 aliphatic heterocycles. The third-order valence-corrected chi connectivity index (χ3v) is 3.18. The Labute approximate surface area is 120 Å². The molecule has 0 aromatic heterocycles. The first-order valence-electron chi connectivity index (χ1n) is 6.80. The highest BCUT2D eigenvalue weighted by molar-refractivity contribution is 5.13. The van der Waals surface area contributed by atoms with Crippen molar-refractivity contribution in [2.75, 3.05) is 6.61 Å². The van der Waals surface area contributed by atoms with Gasteiger partial charge in [0.2, 0.25) is 0 Å². The largest absolute Gasteiger partial charge is 0.388 e. The first-order valence-corrected chi connectivity index (χ1v) is 6.80. The number of aliphatic hydroxyl groups excluding tert-OH is 1. The van der Waals surface area contributed by atoms with Crippen LogP contribution in [0, 0.1) is 0 Å². The summed E-state index contributed by atoms with van der Waals surface area (Å²) < 4.78 is 16.9. The van der Waals surface area contributed by atoms with Gasteiger partial charge < -0.3 is 19.3 Å². The van der Waals surface area contributed by atoms with Crippen LogP contribution in [-0.4, -0.2) is 35.8 Å². The van der Waals surface area contributed by atoms with E-state index in [9.17, 15) is 5.11 Å². The van der Waals surface area contributed by atoms with Crippen molar-refractivity contribution in [1.82, 2.24) is 0 Å². The molecule has 0 radical (unpaired) electrons. The molecule has 20 heavy (non-hydrogen) atoms. The van der Waals surface area contributed by atoms with E-state index in [0.29, 0.717) is 6.61 Å². The molecule has 1 saturated heterocycles. The second-order valence-corrected chi connectivity index (χ2v) is 5.37. The highest BCUT2D eigenvalue weighted by Crippen LogP contribution is 2.30. The van der Waals surface area contributed by atoms with Crippen LogP contribution >= 0.6 is 0 Å². The molecule has 0 saturated carbocycles. The molecule has 1 fully saturated rings. The molecule has 3 atom stereocenters. The van der Waals surface area contributed by atoms with Gasteiger partial charge in [-0.25, -0.2) is 0 Å². The van der Waals surface area contributed by atoms with Crippen LogP contribution in [-0.2, 0) is 20.8 Å². The van der Waals surface area contributed by atoms with Crippen molar-refractivity contribution in [2.45, 2.75) is 44.6 Å². The van der Waals surface area contributed by atoms with Gasteiger partial charge in [-0.2, -0.15) is 0 Å². The summed E-state index contributed by atoms with van der Waals surface area (Å²) in [5.74, 6) is -0.704. The normalized spacial score (nSPS) is 26.4. The number of rotatable bonds is 6. The Kier molecular flexibility index (Phi) is 4.94. The van der Waals surface area contributed by atoms with Crippen molar-refractivity contribution in [3.8, 4) is 0 Å². The van der Waals surface area contributed by atoms with E-state index in [1.54, 1.807) is 6.08 Å². The zero-order valence-electron chi connectivity index (χ0n) is 12.0. The van der Waals surface area contributed by atoms with Gasteiger partial charge in [-0.1, -0.05) is 36.4 Å². The van der Waals surface area contributed by atoms with E-state index in [1.165, 1.54) is 0 Å². The summed E-state index contributed by atoms with van der Waals surface area (Å²) in [7, 11) is 0. The second kappa shape index (κ2) is 6.50. The quantitative estimate of drug-likeness (QED) is 0.811. The Morgan fingerprint density at radius 2 is 2.05 bits per heavy atom. The van der Waals surface area contributed by atoms with Crippen LogP contribution < -0.4 is 0 Å². The van der Waals surface area contributed by atoms with Crippen LogP contribution in [0.3, 0.4) is 0 Å². The van der Waals surface area contributed by atoms with Crippen LogP contribution in [0.2, 0.25) is 0 Å². The maximum Gasteiger partial charge on any atom is 0.164 e. The van der Waals surface area contributed by atoms with E-state index >= 15 is 0 Å². The van der Waals surface area contributed by atoms with Gasteiger partial charge in [0, 0.05) is 0 Å². The van der Waals surface area contributed by atoms with E-state index in [0.717, 1.165) is 5.56 Å². The van der Waals surface area contributed by atoms with Gasteiger partial charge >= 0.3 is 0 Å². The highest BCUT2D eigenvalue weighted by atomic mass is 16.8. The average molecular weight is 278 g/mol. The maximum absolute atomic E-state index is 10.2. The zero-order chi connectivity index (χ0) is 14.6. The number of hydrogen-bond donors (Lipinski definition) is 1. The summed E-state index contributed by atoms with van der Waals surface area (Å²) in [6.07, 6.45) is 0.141. The lowest BCUT2D eigenvalue weighted by Gasteiger charge is -2.21. The lowest BCUT2D eigenvalue weighted by atomic mass is 10.1. The zero-order valence-corrected chi connectivity index (χ0v) is 12.0. The Bertz CT molecular complexity index is 429. The van der Waals surface area contributed by atoms with Crippen molar-refractivity contribution in [3.05, 3.63) is 48.6 Å². The molecule has 0 amide bonds. The fraction of sp³-hybridized carbons (Fsp3) is 0.500. The van der Waals surface area contributed by atoms with Gasteiger partial charge in [0.1, 0.15) is 18.3 Å². The SMILES string of the molecule is C=C[C@@H]1OC(C)(C)O[C@@H]1[C@H](O)COCc1ccccc1. The third kappa shape index (κ3) is 3.90. The van der Waals surface area contributed by atoms with E-state index in [4.69, 9.17) is 14.2 Å². The number of ether oxygens (including phenoxy) is 3. The molecule has 1 aromatic carbocycles. The lowest BCUT2D eigenvalue weighted by molar-refractivity contribution is -0.157. The van der Waals surface area contributed by atoms with Crippen LogP contribution in [0.4, 0.5) is 0 Å². The molecule has 0 spiro atoms. The van der Waals surface area contributed by atoms with Gasteiger partial charge in [-0.3, -0.25) is 0 Å². The minimum Gasteiger partial charge on any atom is -0.388 e. The van der Waals surface area contributed by atoms with Crippen molar-refractivity contribution < 1.29 is 19.3 Å². The Morgan fingerprint density at radius 1 is 1.35 bits per heavy atom. The van der Waals surface area contributed by atoms with Crippen LogP contribution in [0.5, 0.6) is 0 Å². The van der Waals surface area contributed by atoms with Gasteiger partial charge in [0.15, 0.2) is 5.79 Å². The van der Waals surface area contributed by atoms with Crippen molar-refractivity contribution in [2.24, 2.45) is 0 Å². The standard InChI is InChI=1S/C16H22O4/c1-4-14-15(20-16(2,3)19-14)13(17)11-18-10-12-8-6-5-7-9-12/h4-9,13-15,17H,1,10-11H2,2-3H3/t13-,14+,15-/m1/s1. The Morgan fingerprint density at radius 3 is 2.70 bits per heavy atom. The lowest BCUT2D eigenvalue weighted by Crippen LogP contribution is -2.37. The molecule has 110 valence electrons. The summed E-state index contributed by atoms with van der Waals surface area (Å²) in [5, 5.41) is 10.2. The molecule has 0 unspecified atom stereocenters. The molecule has 1 N–H and O–H groups in total. The smallest absolute Gasteiger partial charge is 0.164 e. The van der Waals surface area contributed by atoms with Crippen molar-refractivity contribution in [1.29, 1.82) is 0 Å². The summed E-state index contributed by atoms with van der Waals surface area (Å²) in [6.45, 7) is 8.02. The molecule has 4 nitrogen and oxygen atoms in total. The topological polar surface area (TPSA) is 47.9 Å². The molecule has 2 rings (SSSR count). The van der Waals surface area contributed by atoms with Crippen molar-refractivity contribution in [3.63, 3.8) is 0 Å². The predicted octanol–water partition coefficient (Wildman–Crippen LogP) is 2.27. The summed E-state index contributed by atoms with van der Waals surface area (Å²) >= 11 is 0. The number of aliphatic hydroxyl groups is 1. The van der Waals surface area contributed by atoms with E-state index in [1.807, 2.05) is 44.2 Å². The molecule has 0 aliphatic carbocycles. The summed E-state index contributed by atoms with van der Waals surface area (Å²) in [4.78, 5) is 0. The van der Waals surface area contributed by atoms with Crippen LogP contribution in [0.25, 0.3) is 0 Å². The maximum atomic E-state index is 10.2. The van der Waals surface area contributed by atoms with Gasteiger partial charge in [0.25, 0.3) is 0 Å². The monoisotopic (exact) mass is 278 g/mol.